The summed E-state index contributed by atoms with van der Waals surface area (Å²) in [5.74, 6) is 1.60. The lowest BCUT2D eigenvalue weighted by Crippen LogP contribution is -2.41. The summed E-state index contributed by atoms with van der Waals surface area (Å²) in [5, 5.41) is 0. The van der Waals surface area contributed by atoms with Gasteiger partial charge in [0.25, 0.3) is 0 Å². The van der Waals surface area contributed by atoms with E-state index in [1.54, 1.807) is 13.8 Å². The molecule has 0 unspecified atom stereocenters. The number of nitrogens with zero attached hydrogens (tertiary/aromatic N) is 2. The van der Waals surface area contributed by atoms with Crippen LogP contribution in [0.2, 0.25) is 0 Å². The van der Waals surface area contributed by atoms with Crippen LogP contribution in [0.15, 0.2) is 55.1 Å². The molecular formula is C31H43FN2. The van der Waals surface area contributed by atoms with Crippen LogP contribution in [-0.2, 0) is 6.42 Å². The maximum Gasteiger partial charge on any atom is 0.118 e. The number of likely N-dealkylation sites (tertiary alicyclic amines) is 2. The number of aryl methyl sites for hydroxylation is 1. The van der Waals surface area contributed by atoms with E-state index in [-0.39, 0.29) is 0 Å². The number of alkyl halides is 1. The zero-order valence-corrected chi connectivity index (χ0v) is 21.5. The topological polar surface area (TPSA) is 6.48 Å². The average molecular weight is 463 g/mol. The minimum absolute atomic E-state index is 0.563. The fourth-order valence-electron chi connectivity index (χ4n) is 5.52. The fourth-order valence-corrected chi connectivity index (χ4v) is 5.52. The molecule has 0 N–H and O–H groups in total. The van der Waals surface area contributed by atoms with E-state index < -0.39 is 5.67 Å². The van der Waals surface area contributed by atoms with Crippen molar-refractivity contribution in [3.05, 3.63) is 66.2 Å². The largest absolute Gasteiger partial charge is 0.372 e. The van der Waals surface area contributed by atoms with Crippen LogP contribution in [0.3, 0.4) is 0 Å². The molecular weight excluding hydrogens is 419 g/mol. The van der Waals surface area contributed by atoms with Gasteiger partial charge in [0.1, 0.15) is 5.67 Å². The Hall–Kier alpha value is -2.13. The third-order valence-electron chi connectivity index (χ3n) is 7.82. The van der Waals surface area contributed by atoms with Crippen LogP contribution in [0, 0.1) is 11.8 Å². The third kappa shape index (κ3) is 6.95. The first-order valence-electron chi connectivity index (χ1n) is 13.3. The highest BCUT2D eigenvalue weighted by Crippen LogP contribution is 2.28. The molecule has 3 heteroatoms. The van der Waals surface area contributed by atoms with Gasteiger partial charge >= 0.3 is 0 Å². The van der Waals surface area contributed by atoms with Crippen molar-refractivity contribution in [1.29, 1.82) is 0 Å². The van der Waals surface area contributed by atoms with E-state index >= 15 is 0 Å². The van der Waals surface area contributed by atoms with Gasteiger partial charge in [-0.25, -0.2) is 4.39 Å². The van der Waals surface area contributed by atoms with E-state index in [9.17, 15) is 4.39 Å². The van der Waals surface area contributed by atoms with Crippen LogP contribution >= 0.6 is 0 Å². The summed E-state index contributed by atoms with van der Waals surface area (Å²) in [6, 6.07) is 18.0. The standard InChI is InChI=1S/C31H43FN2/c1-24-15-21-34(22-16-24)25(2)28-11-13-30(14-12-28)29-9-7-26(8-10-29)5-6-27-17-19-33(20-18-27)23-31(3,4)32/h7-14,24,27H,2,5-6,15-23H2,1,3-4H3. The molecule has 2 saturated heterocycles. The lowest BCUT2D eigenvalue weighted by molar-refractivity contribution is 0.0943. The van der Waals surface area contributed by atoms with Crippen molar-refractivity contribution in [3.63, 3.8) is 0 Å². The van der Waals surface area contributed by atoms with E-state index in [1.807, 2.05) is 0 Å². The van der Waals surface area contributed by atoms with Crippen LogP contribution < -0.4 is 0 Å². The van der Waals surface area contributed by atoms with Gasteiger partial charge in [0.05, 0.1) is 0 Å². The molecule has 0 saturated carbocycles. The third-order valence-corrected chi connectivity index (χ3v) is 7.82. The van der Waals surface area contributed by atoms with E-state index in [1.165, 1.54) is 54.4 Å². The Bertz CT molecular complexity index is 909. The normalized spacial score (nSPS) is 18.9. The van der Waals surface area contributed by atoms with E-state index in [2.05, 4.69) is 71.8 Å². The Morgan fingerprint density at radius 2 is 1.44 bits per heavy atom. The molecule has 2 aliphatic heterocycles. The van der Waals surface area contributed by atoms with Crippen molar-refractivity contribution in [3.8, 4) is 11.1 Å². The Labute approximate surface area is 206 Å². The SMILES string of the molecule is C=C(c1ccc(-c2ccc(CCC3CCN(CC(C)(C)F)CC3)cc2)cc1)N1CCC(C)CC1. The van der Waals surface area contributed by atoms with Crippen LogP contribution in [0.1, 0.15) is 64.0 Å². The second-order valence-corrected chi connectivity index (χ2v) is 11.4. The number of benzene rings is 2. The molecule has 0 amide bonds. The Morgan fingerprint density at radius 3 is 2.00 bits per heavy atom. The van der Waals surface area contributed by atoms with Gasteiger partial charge in [-0.05, 0) is 99.6 Å². The van der Waals surface area contributed by atoms with Crippen molar-refractivity contribution in [2.75, 3.05) is 32.7 Å². The maximum atomic E-state index is 13.9. The molecule has 0 spiro atoms. The number of halogens is 1. The van der Waals surface area contributed by atoms with Crippen molar-refractivity contribution in [1.82, 2.24) is 9.80 Å². The molecule has 2 heterocycles. The van der Waals surface area contributed by atoms with Crippen molar-refractivity contribution in [2.45, 2.75) is 65.0 Å². The first-order chi connectivity index (χ1) is 16.3. The molecule has 2 fully saturated rings. The predicted molar refractivity (Wildman–Crippen MR) is 144 cm³/mol. The van der Waals surface area contributed by atoms with E-state index in [0.717, 1.165) is 50.1 Å². The highest BCUT2D eigenvalue weighted by Gasteiger charge is 2.25. The molecule has 2 aromatic carbocycles. The summed E-state index contributed by atoms with van der Waals surface area (Å²) in [4.78, 5) is 4.73. The number of piperidine rings is 2. The van der Waals surface area contributed by atoms with Gasteiger partial charge < -0.3 is 9.80 Å². The Morgan fingerprint density at radius 1 is 0.882 bits per heavy atom. The van der Waals surface area contributed by atoms with Crippen LogP contribution in [0.5, 0.6) is 0 Å². The lowest BCUT2D eigenvalue weighted by Gasteiger charge is -2.34. The van der Waals surface area contributed by atoms with Gasteiger partial charge in [-0.3, -0.25) is 0 Å². The molecule has 0 aliphatic carbocycles. The summed E-state index contributed by atoms with van der Waals surface area (Å²) in [6.45, 7) is 15.0. The summed E-state index contributed by atoms with van der Waals surface area (Å²) in [7, 11) is 0. The van der Waals surface area contributed by atoms with Gasteiger partial charge in [-0.15, -0.1) is 0 Å². The highest BCUT2D eigenvalue weighted by molar-refractivity contribution is 5.69. The lowest BCUT2D eigenvalue weighted by atomic mass is 9.90. The van der Waals surface area contributed by atoms with Gasteiger partial charge in [0, 0.05) is 25.3 Å². The second kappa shape index (κ2) is 11.1. The molecule has 4 rings (SSSR count). The fraction of sp³-hybridized carbons (Fsp3) is 0.548. The molecule has 184 valence electrons. The van der Waals surface area contributed by atoms with E-state index in [0.29, 0.717) is 6.54 Å². The second-order valence-electron chi connectivity index (χ2n) is 11.4. The van der Waals surface area contributed by atoms with Gasteiger partial charge in [0.2, 0.25) is 0 Å². The van der Waals surface area contributed by atoms with Crippen LogP contribution in [-0.4, -0.2) is 48.2 Å². The van der Waals surface area contributed by atoms with Crippen molar-refractivity contribution < 1.29 is 4.39 Å². The first kappa shape index (κ1) is 25.0. The molecule has 0 bridgehead atoms. The zero-order chi connectivity index (χ0) is 24.1. The number of hydrogen-bond donors (Lipinski definition) is 0. The smallest absolute Gasteiger partial charge is 0.118 e. The predicted octanol–water partition coefficient (Wildman–Crippen LogP) is 7.45. The Balaban J connectivity index is 1.25. The summed E-state index contributed by atoms with van der Waals surface area (Å²) in [5.41, 5.74) is 5.26. The first-order valence-corrected chi connectivity index (χ1v) is 13.3. The van der Waals surface area contributed by atoms with Crippen molar-refractivity contribution >= 4 is 5.70 Å². The van der Waals surface area contributed by atoms with Gasteiger partial charge in [0.15, 0.2) is 0 Å². The number of rotatable bonds is 8. The summed E-state index contributed by atoms with van der Waals surface area (Å²) >= 11 is 0. The summed E-state index contributed by atoms with van der Waals surface area (Å²) in [6.07, 6.45) is 7.29. The molecule has 0 radical (unpaired) electrons. The van der Waals surface area contributed by atoms with Gasteiger partial charge in [-0.2, -0.15) is 0 Å². The average Bonchev–Trinajstić information content (AvgIpc) is 2.83. The highest BCUT2D eigenvalue weighted by atomic mass is 19.1. The van der Waals surface area contributed by atoms with E-state index in [4.69, 9.17) is 0 Å². The van der Waals surface area contributed by atoms with Crippen molar-refractivity contribution in [2.24, 2.45) is 11.8 Å². The minimum Gasteiger partial charge on any atom is -0.372 e. The van der Waals surface area contributed by atoms with Crippen LogP contribution in [0.25, 0.3) is 16.8 Å². The maximum absolute atomic E-state index is 13.9. The minimum atomic E-state index is -1.09. The molecule has 34 heavy (non-hydrogen) atoms. The molecule has 2 nitrogen and oxygen atoms in total. The van der Waals surface area contributed by atoms with Crippen LogP contribution in [0.4, 0.5) is 4.39 Å². The monoisotopic (exact) mass is 462 g/mol. The molecule has 2 aliphatic rings. The summed E-state index contributed by atoms with van der Waals surface area (Å²) < 4.78 is 13.9. The molecule has 0 aromatic heterocycles. The zero-order valence-electron chi connectivity index (χ0n) is 21.5. The van der Waals surface area contributed by atoms with Gasteiger partial charge in [-0.1, -0.05) is 62.0 Å². The molecule has 2 aromatic rings. The number of hydrogen-bond acceptors (Lipinski definition) is 2. The quantitative estimate of drug-likeness (QED) is 0.402. The Kier molecular flexibility index (Phi) is 8.14. The molecule has 0 atom stereocenters.